The van der Waals surface area contributed by atoms with Crippen molar-refractivity contribution >= 4 is 54.9 Å². The van der Waals surface area contributed by atoms with E-state index in [0.29, 0.717) is 0 Å². The highest BCUT2D eigenvalue weighted by atomic mass is 14.7. The van der Waals surface area contributed by atoms with Crippen LogP contribution in [-0.2, 0) is 6.42 Å². The molecule has 0 amide bonds. The van der Waals surface area contributed by atoms with Crippen LogP contribution >= 0.6 is 0 Å². The first-order valence-corrected chi connectivity index (χ1v) is 13.0. The molecule has 0 unspecified atom stereocenters. The maximum atomic E-state index is 5.25. The van der Waals surface area contributed by atoms with Crippen LogP contribution in [0.2, 0.25) is 0 Å². The first-order valence-electron chi connectivity index (χ1n) is 13.0. The number of fused-ring (bicyclic) bond motifs is 14. The second-order valence-electron chi connectivity index (χ2n) is 10.2. The van der Waals surface area contributed by atoms with Crippen LogP contribution in [0.5, 0.6) is 0 Å². The number of nitrogens with zero attached hydrogens (tertiary/aromatic N) is 1. The molecule has 170 valence electrons. The van der Waals surface area contributed by atoms with Crippen LogP contribution in [0.15, 0.2) is 114 Å². The molecule has 0 bridgehead atoms. The third kappa shape index (κ3) is 2.46. The number of hydrogen-bond acceptors (Lipinski definition) is 1. The SMILES string of the molecule is C1=c2ccccc2=c2ccc3c4c(c5c6ccc7ccccc7c6ccc5c3c2C1)=c1ccccc1=N4. The molecule has 0 spiro atoms. The summed E-state index contributed by atoms with van der Waals surface area (Å²) in [7, 11) is 0. The summed E-state index contributed by atoms with van der Waals surface area (Å²) >= 11 is 0. The molecule has 0 N–H and O–H groups in total. The largest absolute Gasteiger partial charge is 0.247 e. The van der Waals surface area contributed by atoms with Gasteiger partial charge in [-0.05, 0) is 66.0 Å². The van der Waals surface area contributed by atoms with E-state index in [0.717, 1.165) is 17.5 Å². The highest BCUT2D eigenvalue weighted by Crippen LogP contribution is 2.43. The summed E-state index contributed by atoms with van der Waals surface area (Å²) in [5.41, 5.74) is 2.53. The van der Waals surface area contributed by atoms with Crippen LogP contribution in [0.1, 0.15) is 5.56 Å². The third-order valence-electron chi connectivity index (χ3n) is 8.43. The molecule has 2 aliphatic rings. The van der Waals surface area contributed by atoms with Gasteiger partial charge in [0, 0.05) is 21.2 Å². The Hall–Kier alpha value is -4.75. The minimum absolute atomic E-state index is 0.931. The molecule has 0 fully saturated rings. The van der Waals surface area contributed by atoms with Crippen LogP contribution in [0, 0.1) is 20.9 Å². The summed E-state index contributed by atoms with van der Waals surface area (Å²) in [6.07, 6.45) is 3.32. The fourth-order valence-electron chi connectivity index (χ4n) is 6.85. The van der Waals surface area contributed by atoms with Gasteiger partial charge in [-0.15, -0.1) is 0 Å². The van der Waals surface area contributed by atoms with E-state index >= 15 is 0 Å². The van der Waals surface area contributed by atoms with Crippen molar-refractivity contribution in [3.05, 3.63) is 146 Å². The fraction of sp³-hybridized carbons (Fsp3) is 0.0278. The zero-order chi connectivity index (χ0) is 24.1. The van der Waals surface area contributed by atoms with Gasteiger partial charge in [-0.1, -0.05) is 109 Å². The maximum absolute atomic E-state index is 5.25. The first-order chi connectivity index (χ1) is 18.4. The minimum atomic E-state index is 0.931. The molecule has 1 heteroatoms. The van der Waals surface area contributed by atoms with Crippen molar-refractivity contribution < 1.29 is 0 Å². The Morgan fingerprint density at radius 3 is 2.22 bits per heavy atom. The highest BCUT2D eigenvalue weighted by molar-refractivity contribution is 6.25. The summed E-state index contributed by atoms with van der Waals surface area (Å²) in [5.74, 6) is 0. The second kappa shape index (κ2) is 6.93. The Kier molecular flexibility index (Phi) is 3.64. The summed E-state index contributed by atoms with van der Waals surface area (Å²) in [6, 6.07) is 40.0. The minimum Gasteiger partial charge on any atom is -0.247 e. The van der Waals surface area contributed by atoms with Crippen LogP contribution < -0.4 is 10.6 Å². The molecule has 37 heavy (non-hydrogen) atoms. The zero-order valence-electron chi connectivity index (χ0n) is 20.1. The molecular formula is C36H21N. The lowest BCUT2D eigenvalue weighted by molar-refractivity contribution is 1.25. The van der Waals surface area contributed by atoms with E-state index in [4.69, 9.17) is 4.99 Å². The summed E-state index contributed by atoms with van der Waals surface area (Å²) < 4.78 is 0. The van der Waals surface area contributed by atoms with E-state index in [1.807, 2.05) is 0 Å². The molecular weight excluding hydrogens is 446 g/mol. The summed E-state index contributed by atoms with van der Waals surface area (Å²) in [6.45, 7) is 0. The number of benzene rings is 7. The van der Waals surface area contributed by atoms with Gasteiger partial charge in [0.05, 0.1) is 11.0 Å². The lowest BCUT2D eigenvalue weighted by Gasteiger charge is -2.16. The van der Waals surface area contributed by atoms with Crippen molar-refractivity contribution in [2.75, 3.05) is 0 Å². The number of hydrogen-bond donors (Lipinski definition) is 0. The standard InChI is InChI=1S/C36H21N/c1-3-9-23-21(7-1)13-15-27-25(23)18-20-31-33(27)30-19-17-26-24-10-4-2-8-22(24)14-16-28(26)34(30)35-29-11-5-6-12-32(29)37-36(31)35/h1-14,16-20H,15H2. The van der Waals surface area contributed by atoms with Gasteiger partial charge in [0.2, 0.25) is 0 Å². The molecule has 7 aromatic carbocycles. The topological polar surface area (TPSA) is 12.4 Å². The number of rotatable bonds is 0. The smallest absolute Gasteiger partial charge is 0.0801 e. The Bertz CT molecular complexity index is 2490. The van der Waals surface area contributed by atoms with Gasteiger partial charge in [0.25, 0.3) is 0 Å². The molecule has 1 heterocycles. The highest BCUT2D eigenvalue weighted by Gasteiger charge is 2.19. The first kappa shape index (κ1) is 19.4. The van der Waals surface area contributed by atoms with Crippen molar-refractivity contribution in [3.8, 4) is 0 Å². The van der Waals surface area contributed by atoms with Crippen LogP contribution in [-0.4, -0.2) is 0 Å². The average Bonchev–Trinajstić information content (AvgIpc) is 3.36. The Morgan fingerprint density at radius 1 is 0.486 bits per heavy atom. The van der Waals surface area contributed by atoms with Gasteiger partial charge in [-0.25, -0.2) is 4.99 Å². The monoisotopic (exact) mass is 467 g/mol. The Labute approximate surface area is 212 Å². The van der Waals surface area contributed by atoms with Crippen molar-refractivity contribution in [3.63, 3.8) is 0 Å². The van der Waals surface area contributed by atoms with Crippen LogP contribution in [0.4, 0.5) is 5.69 Å². The van der Waals surface area contributed by atoms with Crippen molar-refractivity contribution in [1.82, 2.24) is 0 Å². The van der Waals surface area contributed by atoms with Gasteiger partial charge >= 0.3 is 0 Å². The zero-order valence-corrected chi connectivity index (χ0v) is 20.1. The van der Waals surface area contributed by atoms with Crippen LogP contribution in [0.3, 0.4) is 0 Å². The van der Waals surface area contributed by atoms with Crippen molar-refractivity contribution in [2.24, 2.45) is 4.99 Å². The van der Waals surface area contributed by atoms with E-state index in [1.165, 1.54) is 74.7 Å². The van der Waals surface area contributed by atoms with E-state index in [9.17, 15) is 0 Å². The Balaban J connectivity index is 1.64. The molecule has 0 saturated heterocycles. The molecule has 0 aromatic heterocycles. The summed E-state index contributed by atoms with van der Waals surface area (Å²) in [4.78, 5) is 5.25. The van der Waals surface area contributed by atoms with Gasteiger partial charge in [0.15, 0.2) is 0 Å². The predicted molar refractivity (Wildman–Crippen MR) is 153 cm³/mol. The maximum Gasteiger partial charge on any atom is 0.0801 e. The van der Waals surface area contributed by atoms with E-state index in [1.54, 1.807) is 0 Å². The molecule has 9 rings (SSSR count). The third-order valence-corrected chi connectivity index (χ3v) is 8.43. The van der Waals surface area contributed by atoms with Gasteiger partial charge < -0.3 is 0 Å². The van der Waals surface area contributed by atoms with E-state index < -0.39 is 0 Å². The fourth-order valence-corrected chi connectivity index (χ4v) is 6.85. The predicted octanol–water partition coefficient (Wildman–Crippen LogP) is 7.47. The quantitative estimate of drug-likeness (QED) is 0.205. The van der Waals surface area contributed by atoms with E-state index in [2.05, 4.69) is 115 Å². The average molecular weight is 468 g/mol. The Morgan fingerprint density at radius 2 is 1.24 bits per heavy atom. The van der Waals surface area contributed by atoms with Crippen molar-refractivity contribution in [1.29, 1.82) is 0 Å². The second-order valence-corrected chi connectivity index (χ2v) is 10.2. The molecule has 1 aliphatic carbocycles. The lowest BCUT2D eigenvalue weighted by Crippen LogP contribution is -2.09. The normalized spacial score (nSPS) is 13.2. The molecule has 7 aromatic rings. The van der Waals surface area contributed by atoms with Crippen molar-refractivity contribution in [2.45, 2.75) is 6.42 Å². The van der Waals surface area contributed by atoms with Gasteiger partial charge in [0.1, 0.15) is 0 Å². The molecule has 1 nitrogen and oxygen atoms in total. The molecule has 0 radical (unpaired) electrons. The van der Waals surface area contributed by atoms with Crippen LogP contribution in [0.25, 0.3) is 49.2 Å². The van der Waals surface area contributed by atoms with Gasteiger partial charge in [-0.2, -0.15) is 0 Å². The number of para-hydroxylation sites is 1. The molecule has 0 atom stereocenters. The molecule has 0 saturated carbocycles. The van der Waals surface area contributed by atoms with Gasteiger partial charge in [-0.3, -0.25) is 0 Å². The summed E-state index contributed by atoms with van der Waals surface area (Å²) in [5, 5.41) is 18.0. The van der Waals surface area contributed by atoms with E-state index in [-0.39, 0.29) is 0 Å². The molecule has 1 aliphatic heterocycles. The lowest BCUT2D eigenvalue weighted by atomic mass is 9.87.